The Bertz CT molecular complexity index is 1810. The number of amides is 2. The van der Waals surface area contributed by atoms with E-state index < -0.39 is 34.9 Å². The number of carbonyl (C=O) groups excluding carboxylic acids is 2. The molecule has 2 amide bonds. The largest absolute Gasteiger partial charge is 0.458 e. The molecule has 3 heterocycles. The Balaban J connectivity index is 1.56. The molecule has 5 rings (SSSR count). The summed E-state index contributed by atoms with van der Waals surface area (Å²) in [6.45, 7) is 6.79. The number of carbonyl (C=O) groups is 2. The van der Waals surface area contributed by atoms with Crippen LogP contribution in [0.4, 0.5) is 15.0 Å². The summed E-state index contributed by atoms with van der Waals surface area (Å²) in [7, 11) is 0. The Morgan fingerprint density at radius 3 is 2.58 bits per heavy atom. The van der Waals surface area contributed by atoms with Crippen LogP contribution in [0.5, 0.6) is 0 Å². The third-order valence-corrected chi connectivity index (χ3v) is 5.92. The zero-order valence-corrected chi connectivity index (χ0v) is 22.2. The lowest BCUT2D eigenvalue weighted by molar-refractivity contribution is 0.0635. The van der Waals surface area contributed by atoms with E-state index in [1.165, 1.54) is 22.8 Å². The average molecular weight is 544 g/mol. The smallest absolute Gasteiger partial charge is 0.413 e. The Labute approximate surface area is 227 Å². The highest BCUT2D eigenvalue weighted by molar-refractivity contribution is 6.07. The second-order valence-corrected chi connectivity index (χ2v) is 10.1. The van der Waals surface area contributed by atoms with Crippen LogP contribution in [-0.4, -0.2) is 32.2 Å². The van der Waals surface area contributed by atoms with E-state index in [1.807, 2.05) is 0 Å². The number of benzene rings is 2. The molecule has 0 bridgehead atoms. The van der Waals surface area contributed by atoms with Crippen molar-refractivity contribution in [3.63, 3.8) is 0 Å². The molecule has 1 unspecified atom stereocenters. The molecule has 1 atom stereocenters. The van der Waals surface area contributed by atoms with Gasteiger partial charge in [-0.25, -0.2) is 18.7 Å². The minimum Gasteiger partial charge on any atom is -0.458 e. The molecule has 0 aliphatic heterocycles. The lowest BCUT2D eigenvalue weighted by atomic mass is 9.99. The Hall–Kier alpha value is -5.06. The molecule has 0 fully saturated rings. The van der Waals surface area contributed by atoms with Crippen molar-refractivity contribution >= 4 is 34.4 Å². The Kier molecular flexibility index (Phi) is 6.80. The van der Waals surface area contributed by atoms with Gasteiger partial charge in [-0.15, -0.1) is 5.10 Å². The van der Waals surface area contributed by atoms with Crippen LogP contribution in [0.3, 0.4) is 0 Å². The number of halogens is 1. The van der Waals surface area contributed by atoms with E-state index in [0.717, 1.165) is 6.07 Å². The number of ether oxygens (including phenoxy) is 1. The summed E-state index contributed by atoms with van der Waals surface area (Å²) in [6, 6.07) is 13.3. The summed E-state index contributed by atoms with van der Waals surface area (Å²) in [5.41, 5.74) is -0.120. The molecule has 2 aromatic carbocycles. The maximum absolute atomic E-state index is 14.0. The number of hydrogen-bond donors (Lipinski definition) is 2. The zero-order valence-electron chi connectivity index (χ0n) is 22.2. The molecule has 204 valence electrons. The van der Waals surface area contributed by atoms with Gasteiger partial charge in [0.2, 0.25) is 5.43 Å². The predicted molar refractivity (Wildman–Crippen MR) is 147 cm³/mol. The number of aromatic nitrogens is 3. The van der Waals surface area contributed by atoms with E-state index in [1.54, 1.807) is 70.3 Å². The van der Waals surface area contributed by atoms with Crippen LogP contribution >= 0.6 is 0 Å². The number of rotatable bonds is 5. The first-order valence-corrected chi connectivity index (χ1v) is 12.5. The predicted octanol–water partition coefficient (Wildman–Crippen LogP) is 5.48. The highest BCUT2D eigenvalue weighted by Gasteiger charge is 2.28. The van der Waals surface area contributed by atoms with Crippen LogP contribution in [0.1, 0.15) is 49.9 Å². The molecule has 11 heteroatoms. The number of fused-ring (bicyclic) bond motifs is 2. The number of anilines is 1. The number of nitrogens with zero attached hydrogens (tertiary/aromatic N) is 3. The van der Waals surface area contributed by atoms with E-state index in [2.05, 4.69) is 20.7 Å². The molecule has 0 radical (unpaired) electrons. The van der Waals surface area contributed by atoms with Crippen molar-refractivity contribution in [1.82, 2.24) is 19.9 Å². The summed E-state index contributed by atoms with van der Waals surface area (Å²) in [4.78, 5) is 44.0. The van der Waals surface area contributed by atoms with Crippen LogP contribution in [0.25, 0.3) is 27.7 Å². The van der Waals surface area contributed by atoms with E-state index in [0.29, 0.717) is 5.56 Å². The monoisotopic (exact) mass is 543 g/mol. The van der Waals surface area contributed by atoms with Gasteiger partial charge in [0.05, 0.1) is 17.0 Å². The first kappa shape index (κ1) is 26.5. The van der Waals surface area contributed by atoms with Crippen molar-refractivity contribution in [2.75, 3.05) is 5.32 Å². The summed E-state index contributed by atoms with van der Waals surface area (Å²) < 4.78 is 26.8. The van der Waals surface area contributed by atoms with Gasteiger partial charge in [-0.05, 0) is 57.5 Å². The van der Waals surface area contributed by atoms with Crippen molar-refractivity contribution < 1.29 is 23.1 Å². The first-order chi connectivity index (χ1) is 19.0. The summed E-state index contributed by atoms with van der Waals surface area (Å²) in [6.07, 6.45) is 2.28. The number of nitrogens with one attached hydrogen (secondary N) is 2. The van der Waals surface area contributed by atoms with E-state index in [9.17, 15) is 18.8 Å². The normalized spacial score (nSPS) is 12.3. The van der Waals surface area contributed by atoms with Crippen LogP contribution in [-0.2, 0) is 4.74 Å². The number of hydrogen-bond acceptors (Lipinski definition) is 7. The van der Waals surface area contributed by atoms with Crippen LogP contribution < -0.4 is 16.1 Å². The molecule has 0 saturated carbocycles. The highest BCUT2D eigenvalue weighted by Crippen LogP contribution is 2.30. The molecular formula is C29H26FN5O5. The molecule has 10 nitrogen and oxygen atoms in total. The fourth-order valence-electron chi connectivity index (χ4n) is 4.29. The molecule has 40 heavy (non-hydrogen) atoms. The first-order valence-electron chi connectivity index (χ1n) is 12.5. The molecule has 2 N–H and O–H groups in total. The standard InChI is InChI=1S/C29H26FN5O5/c1-16(24-21(17-9-6-5-7-10-17)23(36)19-15-18(30)11-12-20(19)39-24)32-27(37)22-25(33-28(38)40-29(2,3)4)34-35-14-8-13-31-26(22)35/h5-16H,1-4H3,(H,32,37)(H,33,34,38). The second-order valence-electron chi connectivity index (χ2n) is 10.1. The van der Waals surface area contributed by atoms with Crippen LogP contribution in [0.15, 0.2) is 76.2 Å². The SMILES string of the molecule is CC(NC(=O)c1c(NC(=O)OC(C)(C)C)nn2cccnc12)c1oc2ccc(F)cc2c(=O)c1-c1ccccc1. The van der Waals surface area contributed by atoms with Crippen molar-refractivity contribution in [2.45, 2.75) is 39.3 Å². The van der Waals surface area contributed by atoms with Gasteiger partial charge in [0.1, 0.15) is 28.3 Å². The Morgan fingerprint density at radius 2 is 1.85 bits per heavy atom. The lowest BCUT2D eigenvalue weighted by Crippen LogP contribution is -2.30. The maximum Gasteiger partial charge on any atom is 0.413 e. The van der Waals surface area contributed by atoms with Gasteiger partial charge in [-0.1, -0.05) is 30.3 Å². The van der Waals surface area contributed by atoms with Crippen molar-refractivity contribution in [1.29, 1.82) is 0 Å². The second kappa shape index (κ2) is 10.3. The van der Waals surface area contributed by atoms with Crippen molar-refractivity contribution in [3.05, 3.63) is 94.4 Å². The van der Waals surface area contributed by atoms with E-state index in [-0.39, 0.29) is 39.3 Å². The van der Waals surface area contributed by atoms with Gasteiger partial charge < -0.3 is 14.5 Å². The minimum absolute atomic E-state index is 0.00947. The maximum atomic E-state index is 14.0. The van der Waals surface area contributed by atoms with Gasteiger partial charge >= 0.3 is 6.09 Å². The summed E-state index contributed by atoms with van der Waals surface area (Å²) >= 11 is 0. The molecule has 0 aliphatic carbocycles. The van der Waals surface area contributed by atoms with Gasteiger partial charge in [0.25, 0.3) is 5.91 Å². The molecule has 0 saturated heterocycles. The van der Waals surface area contributed by atoms with Crippen LogP contribution in [0.2, 0.25) is 0 Å². The molecular weight excluding hydrogens is 517 g/mol. The molecule has 5 aromatic rings. The third kappa shape index (κ3) is 5.26. The van der Waals surface area contributed by atoms with Crippen LogP contribution in [0, 0.1) is 5.82 Å². The fraction of sp³-hybridized carbons (Fsp3) is 0.207. The average Bonchev–Trinajstić information content (AvgIpc) is 3.26. The van der Waals surface area contributed by atoms with Gasteiger partial charge in [0.15, 0.2) is 11.5 Å². The summed E-state index contributed by atoms with van der Waals surface area (Å²) in [5, 5.41) is 9.72. The molecule has 3 aromatic heterocycles. The lowest BCUT2D eigenvalue weighted by Gasteiger charge is -2.19. The quantitative estimate of drug-likeness (QED) is 0.300. The van der Waals surface area contributed by atoms with E-state index >= 15 is 0 Å². The third-order valence-electron chi connectivity index (χ3n) is 5.92. The Morgan fingerprint density at radius 1 is 1.10 bits per heavy atom. The topological polar surface area (TPSA) is 128 Å². The molecule has 0 spiro atoms. The summed E-state index contributed by atoms with van der Waals surface area (Å²) in [5.74, 6) is -1.09. The zero-order chi connectivity index (χ0) is 28.6. The molecule has 0 aliphatic rings. The highest BCUT2D eigenvalue weighted by atomic mass is 19.1. The van der Waals surface area contributed by atoms with Crippen molar-refractivity contribution in [2.24, 2.45) is 0 Å². The van der Waals surface area contributed by atoms with Gasteiger partial charge in [-0.3, -0.25) is 14.9 Å². The minimum atomic E-state index is -0.835. The van der Waals surface area contributed by atoms with Crippen molar-refractivity contribution in [3.8, 4) is 11.1 Å². The van der Waals surface area contributed by atoms with Gasteiger partial charge in [0, 0.05) is 12.4 Å². The fourth-order valence-corrected chi connectivity index (χ4v) is 4.29. The van der Waals surface area contributed by atoms with E-state index in [4.69, 9.17) is 9.15 Å². The van der Waals surface area contributed by atoms with Gasteiger partial charge in [-0.2, -0.15) is 0 Å².